The number of amides is 1. The van der Waals surface area contributed by atoms with Gasteiger partial charge in [-0.2, -0.15) is 4.31 Å². The Labute approximate surface area is 172 Å². The molecule has 0 saturated carbocycles. The molecule has 0 bridgehead atoms. The summed E-state index contributed by atoms with van der Waals surface area (Å²) < 4.78 is 28.0. The Kier molecular flexibility index (Phi) is 8.28. The van der Waals surface area contributed by atoms with Crippen molar-refractivity contribution >= 4 is 27.3 Å². The number of thiophene rings is 1. The number of likely N-dealkylation sites (tertiary alicyclic amines) is 1. The third-order valence-electron chi connectivity index (χ3n) is 5.46. The molecule has 158 valence electrons. The SMILES string of the molecule is O=C(CCN(CCCN1CCCCC1)S(=O)(=O)c1cccs1)N1CCNCC1. The molecular weight excluding hydrogens is 396 g/mol. The lowest BCUT2D eigenvalue weighted by molar-refractivity contribution is -0.131. The molecule has 2 saturated heterocycles. The molecule has 7 nitrogen and oxygen atoms in total. The highest BCUT2D eigenvalue weighted by atomic mass is 32.2. The second-order valence-corrected chi connectivity index (χ2v) is 10.6. The van der Waals surface area contributed by atoms with Crippen LogP contribution in [-0.4, -0.2) is 87.3 Å². The van der Waals surface area contributed by atoms with Crippen molar-refractivity contribution in [3.63, 3.8) is 0 Å². The first kappa shape index (κ1) is 21.7. The number of carbonyl (C=O) groups is 1. The van der Waals surface area contributed by atoms with Crippen LogP contribution in [0.25, 0.3) is 0 Å². The van der Waals surface area contributed by atoms with Crippen molar-refractivity contribution in [2.24, 2.45) is 0 Å². The van der Waals surface area contributed by atoms with Crippen molar-refractivity contribution in [2.75, 3.05) is 58.9 Å². The summed E-state index contributed by atoms with van der Waals surface area (Å²) in [4.78, 5) is 16.8. The van der Waals surface area contributed by atoms with Gasteiger partial charge < -0.3 is 15.1 Å². The Morgan fingerprint density at radius 3 is 2.54 bits per heavy atom. The second-order valence-electron chi connectivity index (χ2n) is 7.47. The number of piperidine rings is 1. The highest BCUT2D eigenvalue weighted by Crippen LogP contribution is 2.22. The lowest BCUT2D eigenvalue weighted by Gasteiger charge is -2.29. The number of piperazine rings is 1. The van der Waals surface area contributed by atoms with E-state index in [1.165, 1.54) is 34.9 Å². The van der Waals surface area contributed by atoms with Crippen LogP contribution in [0.1, 0.15) is 32.1 Å². The highest BCUT2D eigenvalue weighted by molar-refractivity contribution is 7.91. The van der Waals surface area contributed by atoms with Crippen molar-refractivity contribution < 1.29 is 13.2 Å². The third-order valence-corrected chi connectivity index (χ3v) is 8.74. The molecule has 9 heteroatoms. The van der Waals surface area contributed by atoms with Gasteiger partial charge >= 0.3 is 0 Å². The Hall–Kier alpha value is -1.00. The molecule has 2 fully saturated rings. The van der Waals surface area contributed by atoms with E-state index in [4.69, 9.17) is 0 Å². The Bertz CT molecular complexity index is 697. The van der Waals surface area contributed by atoms with Crippen molar-refractivity contribution in [1.82, 2.24) is 19.4 Å². The summed E-state index contributed by atoms with van der Waals surface area (Å²) >= 11 is 1.24. The highest BCUT2D eigenvalue weighted by Gasteiger charge is 2.27. The topological polar surface area (TPSA) is 73.0 Å². The summed E-state index contributed by atoms with van der Waals surface area (Å²) in [6.07, 6.45) is 4.80. The molecule has 2 aliphatic rings. The molecule has 28 heavy (non-hydrogen) atoms. The summed E-state index contributed by atoms with van der Waals surface area (Å²) in [5.74, 6) is 0.0453. The second kappa shape index (κ2) is 10.7. The molecule has 1 aromatic heterocycles. The zero-order chi connectivity index (χ0) is 19.8. The molecule has 1 aromatic rings. The maximum Gasteiger partial charge on any atom is 0.252 e. The molecular formula is C19H32N4O3S2. The molecule has 0 unspecified atom stereocenters. The average molecular weight is 429 g/mol. The molecule has 3 heterocycles. The summed E-state index contributed by atoms with van der Waals surface area (Å²) in [5.41, 5.74) is 0. The number of nitrogens with zero attached hydrogens (tertiary/aromatic N) is 3. The van der Waals surface area contributed by atoms with Gasteiger partial charge in [0.05, 0.1) is 0 Å². The van der Waals surface area contributed by atoms with Gasteiger partial charge in [-0.05, 0) is 50.3 Å². The summed E-state index contributed by atoms with van der Waals surface area (Å²) in [7, 11) is -3.54. The first-order chi connectivity index (χ1) is 13.6. The first-order valence-corrected chi connectivity index (χ1v) is 12.6. The maximum atomic E-state index is 13.1. The van der Waals surface area contributed by atoms with Gasteiger partial charge in [-0.15, -0.1) is 11.3 Å². The molecule has 0 aromatic carbocycles. The number of hydrogen-bond acceptors (Lipinski definition) is 6. The van der Waals surface area contributed by atoms with Crippen LogP contribution in [-0.2, 0) is 14.8 Å². The van der Waals surface area contributed by atoms with E-state index >= 15 is 0 Å². The first-order valence-electron chi connectivity index (χ1n) is 10.3. The number of sulfonamides is 1. The molecule has 1 N–H and O–H groups in total. The van der Waals surface area contributed by atoms with E-state index in [0.717, 1.165) is 39.1 Å². The molecule has 3 rings (SSSR count). The fraction of sp³-hybridized carbons (Fsp3) is 0.737. The maximum absolute atomic E-state index is 13.1. The summed E-state index contributed by atoms with van der Waals surface area (Å²) in [6, 6.07) is 3.41. The monoisotopic (exact) mass is 428 g/mol. The van der Waals surface area contributed by atoms with Gasteiger partial charge in [0.25, 0.3) is 10.0 Å². The van der Waals surface area contributed by atoms with Crippen molar-refractivity contribution in [2.45, 2.75) is 36.3 Å². The fourth-order valence-corrected chi connectivity index (χ4v) is 6.46. The number of carbonyl (C=O) groups excluding carboxylic acids is 1. The van der Waals surface area contributed by atoms with Crippen LogP contribution in [0.4, 0.5) is 0 Å². The van der Waals surface area contributed by atoms with E-state index < -0.39 is 10.0 Å². The number of rotatable bonds is 9. The molecule has 0 spiro atoms. The molecule has 1 amide bonds. The zero-order valence-electron chi connectivity index (χ0n) is 16.5. The minimum atomic E-state index is -3.54. The quantitative estimate of drug-likeness (QED) is 0.644. The van der Waals surface area contributed by atoms with E-state index in [1.54, 1.807) is 17.5 Å². The third kappa shape index (κ3) is 6.00. The van der Waals surface area contributed by atoms with Crippen LogP contribution in [0.2, 0.25) is 0 Å². The summed E-state index contributed by atoms with van der Waals surface area (Å²) in [6.45, 7) is 6.86. The molecule has 2 aliphatic heterocycles. The van der Waals surface area contributed by atoms with Crippen LogP contribution in [0.5, 0.6) is 0 Å². The summed E-state index contributed by atoms with van der Waals surface area (Å²) in [5, 5.41) is 5.02. The van der Waals surface area contributed by atoms with E-state index in [-0.39, 0.29) is 18.9 Å². The van der Waals surface area contributed by atoms with E-state index in [9.17, 15) is 13.2 Å². The standard InChI is InChI=1S/C19H32N4O3S2/c24-18(22-15-8-20-9-16-22)7-14-23(28(25,26)19-6-4-17-27-19)13-5-12-21-10-2-1-3-11-21/h4,6,17,20H,1-3,5,7-16H2. The normalized spacial score (nSPS) is 19.2. The van der Waals surface area contributed by atoms with Crippen LogP contribution < -0.4 is 5.32 Å². The predicted molar refractivity (Wildman–Crippen MR) is 112 cm³/mol. The van der Waals surface area contributed by atoms with Gasteiger partial charge in [0.2, 0.25) is 5.91 Å². The Morgan fingerprint density at radius 1 is 1.11 bits per heavy atom. The number of hydrogen-bond donors (Lipinski definition) is 1. The lowest BCUT2D eigenvalue weighted by Crippen LogP contribution is -2.47. The zero-order valence-corrected chi connectivity index (χ0v) is 18.1. The van der Waals surface area contributed by atoms with E-state index in [1.807, 2.05) is 4.90 Å². The smallest absolute Gasteiger partial charge is 0.252 e. The lowest BCUT2D eigenvalue weighted by atomic mass is 10.1. The average Bonchev–Trinajstić information content (AvgIpc) is 3.27. The van der Waals surface area contributed by atoms with Crippen LogP contribution in [0.15, 0.2) is 21.7 Å². The minimum absolute atomic E-state index is 0.0453. The predicted octanol–water partition coefficient (Wildman–Crippen LogP) is 1.44. The van der Waals surface area contributed by atoms with Gasteiger partial charge in [-0.1, -0.05) is 12.5 Å². The Balaban J connectivity index is 1.58. The van der Waals surface area contributed by atoms with Gasteiger partial charge in [-0.3, -0.25) is 4.79 Å². The van der Waals surface area contributed by atoms with Crippen molar-refractivity contribution in [1.29, 1.82) is 0 Å². The molecule has 0 radical (unpaired) electrons. The minimum Gasteiger partial charge on any atom is -0.340 e. The van der Waals surface area contributed by atoms with E-state index in [0.29, 0.717) is 23.8 Å². The fourth-order valence-electron chi connectivity index (χ4n) is 3.84. The molecule has 0 aliphatic carbocycles. The van der Waals surface area contributed by atoms with Gasteiger partial charge in [0.1, 0.15) is 4.21 Å². The van der Waals surface area contributed by atoms with Gasteiger partial charge in [0.15, 0.2) is 0 Å². The number of nitrogens with one attached hydrogen (secondary N) is 1. The van der Waals surface area contributed by atoms with Crippen LogP contribution >= 0.6 is 11.3 Å². The van der Waals surface area contributed by atoms with Crippen LogP contribution in [0, 0.1) is 0 Å². The van der Waals surface area contributed by atoms with Crippen LogP contribution in [0.3, 0.4) is 0 Å². The Morgan fingerprint density at radius 2 is 1.86 bits per heavy atom. The molecule has 0 atom stereocenters. The van der Waals surface area contributed by atoms with Gasteiger partial charge in [0, 0.05) is 45.7 Å². The van der Waals surface area contributed by atoms with Gasteiger partial charge in [-0.25, -0.2) is 8.42 Å². The largest absolute Gasteiger partial charge is 0.340 e. The van der Waals surface area contributed by atoms with Crippen molar-refractivity contribution in [3.05, 3.63) is 17.5 Å². The van der Waals surface area contributed by atoms with E-state index in [2.05, 4.69) is 10.2 Å². The van der Waals surface area contributed by atoms with Crippen molar-refractivity contribution in [3.8, 4) is 0 Å².